The van der Waals surface area contributed by atoms with Gasteiger partial charge in [-0.05, 0) is 0 Å². The maximum Gasteiger partial charge on any atom is 0 e. The first-order chi connectivity index (χ1) is 0. The van der Waals surface area contributed by atoms with Crippen LogP contribution in [0, 0.1) is 7.43 Å². The summed E-state index contributed by atoms with van der Waals surface area (Å²) in [4.78, 5) is 0. The molecular formula is CH3W3-. The Bertz CT molecular complexity index is 3.25. The summed E-state index contributed by atoms with van der Waals surface area (Å²) in [7, 11) is 0. The van der Waals surface area contributed by atoms with E-state index in [0.29, 0.717) is 0 Å². The number of hydrogen-bond acceptors (Lipinski definition) is 0. The fourth-order valence-corrected chi connectivity index (χ4v) is 0. The van der Waals surface area contributed by atoms with Gasteiger partial charge in [-0.15, -0.1) is 0 Å². The van der Waals surface area contributed by atoms with Gasteiger partial charge in [-0.3, -0.25) is 0 Å². The summed E-state index contributed by atoms with van der Waals surface area (Å²) in [6.07, 6.45) is 0. The minimum absolute atomic E-state index is 0. The maximum atomic E-state index is 0. The molecule has 0 bridgehead atoms. The van der Waals surface area contributed by atoms with E-state index in [0.717, 1.165) is 0 Å². The predicted molar refractivity (Wildman–Crippen MR) is 6.41 cm³/mol. The molecule has 0 saturated heterocycles. The monoisotopic (exact) mass is 567 g/mol. The van der Waals surface area contributed by atoms with E-state index >= 15 is 0 Å². The summed E-state index contributed by atoms with van der Waals surface area (Å²) in [5, 5.41) is 0. The van der Waals surface area contributed by atoms with Gasteiger partial charge in [0.1, 0.15) is 0 Å². The average Bonchev–Trinajstić information content (AvgIpc) is 0. The van der Waals surface area contributed by atoms with Crippen LogP contribution in [0.4, 0.5) is 0 Å². The molecule has 0 nitrogen and oxygen atoms in total. The Morgan fingerprint density at radius 1 is 0.500 bits per heavy atom. The van der Waals surface area contributed by atoms with Crippen LogP contribution in [0.1, 0.15) is 0 Å². The molecule has 0 aromatic carbocycles. The molecule has 0 amide bonds. The fraction of sp³-hybridized carbons (Fsp3) is 0. The minimum Gasteiger partial charge on any atom is -0.358 e. The van der Waals surface area contributed by atoms with Crippen molar-refractivity contribution in [2.24, 2.45) is 0 Å². The SMILES string of the molecule is [CH3-].[W].[W].[W]. The Labute approximate surface area is 69.9 Å². The van der Waals surface area contributed by atoms with Gasteiger partial charge in [0.25, 0.3) is 0 Å². The molecule has 0 aliphatic rings. The van der Waals surface area contributed by atoms with Crippen molar-refractivity contribution in [2.45, 2.75) is 0 Å². The standard InChI is InChI=1S/CH3.3W/h1H3;;;/q-1;;;. The molecule has 0 heterocycles. The van der Waals surface area contributed by atoms with Crippen LogP contribution in [-0.4, -0.2) is 0 Å². The van der Waals surface area contributed by atoms with Crippen molar-refractivity contribution in [3.05, 3.63) is 7.43 Å². The van der Waals surface area contributed by atoms with Gasteiger partial charge in [-0.25, -0.2) is 0 Å². The molecule has 3 heteroatoms. The van der Waals surface area contributed by atoms with Crippen LogP contribution in [0.3, 0.4) is 0 Å². The molecule has 0 aromatic heterocycles. The fourth-order valence-electron chi connectivity index (χ4n) is 0. The van der Waals surface area contributed by atoms with Crippen molar-refractivity contribution in [2.75, 3.05) is 0 Å². The second kappa shape index (κ2) is 19.6. The van der Waals surface area contributed by atoms with E-state index in [1.165, 1.54) is 0 Å². The van der Waals surface area contributed by atoms with Crippen LogP contribution < -0.4 is 0 Å². The summed E-state index contributed by atoms with van der Waals surface area (Å²) >= 11 is 0. The van der Waals surface area contributed by atoms with Gasteiger partial charge in [-0.2, -0.15) is 0 Å². The van der Waals surface area contributed by atoms with Gasteiger partial charge in [0, 0.05) is 63.2 Å². The molecule has 26 valence electrons. The van der Waals surface area contributed by atoms with Crippen LogP contribution in [0.5, 0.6) is 0 Å². The summed E-state index contributed by atoms with van der Waals surface area (Å²) in [6.45, 7) is 0. The van der Waals surface area contributed by atoms with E-state index in [9.17, 15) is 0 Å². The molecule has 0 fully saturated rings. The molecule has 0 aliphatic carbocycles. The molecule has 0 unspecified atom stereocenters. The van der Waals surface area contributed by atoms with E-state index in [2.05, 4.69) is 0 Å². The molecule has 0 spiro atoms. The van der Waals surface area contributed by atoms with Gasteiger partial charge in [-0.1, -0.05) is 0 Å². The second-order valence-corrected chi connectivity index (χ2v) is 0. The summed E-state index contributed by atoms with van der Waals surface area (Å²) in [5.74, 6) is 0. The Hall–Kier alpha value is 2.06. The van der Waals surface area contributed by atoms with Crippen molar-refractivity contribution in [1.82, 2.24) is 0 Å². The van der Waals surface area contributed by atoms with Crippen LogP contribution in [0.2, 0.25) is 0 Å². The van der Waals surface area contributed by atoms with E-state index < -0.39 is 0 Å². The maximum absolute atomic E-state index is 0. The zero-order valence-electron chi connectivity index (χ0n) is 2.22. The Morgan fingerprint density at radius 3 is 0.500 bits per heavy atom. The number of hydrogen-bond donors (Lipinski definition) is 0. The average molecular weight is 567 g/mol. The normalized spacial score (nSPS) is 0. The smallest absolute Gasteiger partial charge is 0 e. The van der Waals surface area contributed by atoms with Gasteiger partial charge in [0.05, 0.1) is 0 Å². The van der Waals surface area contributed by atoms with E-state index in [-0.39, 0.29) is 70.6 Å². The molecule has 0 atom stereocenters. The third-order valence-corrected chi connectivity index (χ3v) is 0. The topological polar surface area (TPSA) is 0 Å². The van der Waals surface area contributed by atoms with Crippen LogP contribution in [0.15, 0.2) is 0 Å². The second-order valence-electron chi connectivity index (χ2n) is 0. The van der Waals surface area contributed by atoms with Crippen molar-refractivity contribution >= 4 is 0 Å². The van der Waals surface area contributed by atoms with Crippen LogP contribution >= 0.6 is 0 Å². The van der Waals surface area contributed by atoms with E-state index in [4.69, 9.17) is 0 Å². The molecule has 0 saturated carbocycles. The predicted octanol–water partition coefficient (Wildman–Crippen LogP) is 0.443. The Kier molecular flexibility index (Phi) is 179. The van der Waals surface area contributed by atoms with Crippen molar-refractivity contribution in [1.29, 1.82) is 0 Å². The molecule has 0 aliphatic heterocycles. The Morgan fingerprint density at radius 2 is 0.500 bits per heavy atom. The van der Waals surface area contributed by atoms with E-state index in [1.54, 1.807) is 0 Å². The molecular weight excluding hydrogens is 564 g/mol. The van der Waals surface area contributed by atoms with Crippen LogP contribution in [-0.2, 0) is 63.2 Å². The number of rotatable bonds is 0. The molecule has 4 heavy (non-hydrogen) atoms. The third-order valence-electron chi connectivity index (χ3n) is 0. The summed E-state index contributed by atoms with van der Waals surface area (Å²) in [5.41, 5.74) is 0. The zero-order chi connectivity index (χ0) is 0. The third kappa shape index (κ3) is 8.96. The van der Waals surface area contributed by atoms with Gasteiger partial charge < -0.3 is 7.43 Å². The molecule has 0 radical (unpaired) electrons. The minimum atomic E-state index is 0. The summed E-state index contributed by atoms with van der Waals surface area (Å²) in [6, 6.07) is 0. The van der Waals surface area contributed by atoms with Crippen LogP contribution in [0.25, 0.3) is 0 Å². The van der Waals surface area contributed by atoms with Gasteiger partial charge in [0.2, 0.25) is 0 Å². The van der Waals surface area contributed by atoms with Gasteiger partial charge >= 0.3 is 0 Å². The first-order valence-corrected chi connectivity index (χ1v) is 0. The first kappa shape index (κ1) is 36.5. The van der Waals surface area contributed by atoms with Crippen molar-refractivity contribution in [3.63, 3.8) is 0 Å². The quantitative estimate of drug-likeness (QED) is 0.374. The molecule has 0 aromatic rings. The van der Waals surface area contributed by atoms with Crippen molar-refractivity contribution in [3.8, 4) is 0 Å². The summed E-state index contributed by atoms with van der Waals surface area (Å²) < 4.78 is 0. The largest absolute Gasteiger partial charge is 0.358 e. The molecule has 0 N–H and O–H groups in total. The first-order valence-electron chi connectivity index (χ1n) is 0. The van der Waals surface area contributed by atoms with Crippen molar-refractivity contribution < 1.29 is 63.2 Å². The Balaban J connectivity index is 0. The van der Waals surface area contributed by atoms with Gasteiger partial charge in [0.15, 0.2) is 0 Å². The van der Waals surface area contributed by atoms with E-state index in [1.807, 2.05) is 0 Å². The molecule has 0 rings (SSSR count). The zero-order valence-corrected chi connectivity index (χ0v) is 11.0.